The topological polar surface area (TPSA) is 87.0 Å². The number of hydrogen-bond donors (Lipinski definition) is 2. The Bertz CT molecular complexity index is 1210. The van der Waals surface area contributed by atoms with E-state index >= 15 is 0 Å². The Morgan fingerprint density at radius 1 is 1.10 bits per heavy atom. The van der Waals surface area contributed by atoms with E-state index in [4.69, 9.17) is 0 Å². The molecule has 1 saturated heterocycles. The van der Waals surface area contributed by atoms with Crippen LogP contribution in [-0.4, -0.2) is 48.9 Å². The molecule has 7 nitrogen and oxygen atoms in total. The van der Waals surface area contributed by atoms with E-state index in [2.05, 4.69) is 25.8 Å². The minimum atomic E-state index is -0.878. The van der Waals surface area contributed by atoms with Crippen LogP contribution in [0.3, 0.4) is 0 Å². The van der Waals surface area contributed by atoms with E-state index < -0.39 is 6.09 Å². The number of hydrogen-bond acceptors (Lipinski definition) is 3. The molecule has 0 saturated carbocycles. The number of aromatic amines is 1. The maximum absolute atomic E-state index is 13.5. The molecule has 8 heteroatoms. The van der Waals surface area contributed by atoms with Crippen LogP contribution in [0.2, 0.25) is 0 Å². The van der Waals surface area contributed by atoms with E-state index in [0.717, 1.165) is 33.4 Å². The number of halogens is 1. The van der Waals surface area contributed by atoms with Crippen LogP contribution in [0.1, 0.15) is 18.9 Å². The molecule has 152 valence electrons. The molecule has 5 rings (SSSR count). The first-order chi connectivity index (χ1) is 14.6. The predicted molar refractivity (Wildman–Crippen MR) is 111 cm³/mol. The average molecular weight is 405 g/mol. The van der Waals surface area contributed by atoms with Gasteiger partial charge >= 0.3 is 6.09 Å². The van der Waals surface area contributed by atoms with Crippen LogP contribution >= 0.6 is 0 Å². The fraction of sp³-hybridized carbons (Fsp3) is 0.227. The van der Waals surface area contributed by atoms with Crippen LogP contribution in [0.15, 0.2) is 55.0 Å². The molecule has 1 amide bonds. The van der Waals surface area contributed by atoms with Crippen molar-refractivity contribution >= 4 is 17.0 Å². The quantitative estimate of drug-likeness (QED) is 0.524. The number of nitrogens with one attached hydrogen (secondary N) is 1. The normalized spacial score (nSPS) is 15.0. The van der Waals surface area contributed by atoms with Crippen LogP contribution in [0, 0.1) is 5.82 Å². The zero-order chi connectivity index (χ0) is 20.7. The van der Waals surface area contributed by atoms with Gasteiger partial charge in [-0.25, -0.2) is 14.2 Å². The number of fused-ring (bicyclic) bond motifs is 1. The van der Waals surface area contributed by atoms with Crippen molar-refractivity contribution in [3.63, 3.8) is 0 Å². The molecule has 0 spiro atoms. The Morgan fingerprint density at radius 2 is 1.83 bits per heavy atom. The van der Waals surface area contributed by atoms with Gasteiger partial charge in [0.2, 0.25) is 0 Å². The zero-order valence-electron chi connectivity index (χ0n) is 16.1. The van der Waals surface area contributed by atoms with Gasteiger partial charge in [-0.3, -0.25) is 5.10 Å². The summed E-state index contributed by atoms with van der Waals surface area (Å²) in [6.45, 7) is 0.981. The van der Waals surface area contributed by atoms with Crippen molar-refractivity contribution in [3.05, 3.63) is 60.8 Å². The molecule has 0 atom stereocenters. The van der Waals surface area contributed by atoms with E-state index in [1.165, 1.54) is 17.0 Å². The Morgan fingerprint density at radius 3 is 2.57 bits per heavy atom. The molecule has 1 aliphatic rings. The minimum absolute atomic E-state index is 0.136. The summed E-state index contributed by atoms with van der Waals surface area (Å²) in [6.07, 6.45) is 4.15. The number of carboxylic acid groups (broad SMARTS) is 1. The van der Waals surface area contributed by atoms with Crippen molar-refractivity contribution in [2.24, 2.45) is 0 Å². The van der Waals surface area contributed by atoms with E-state index in [1.54, 1.807) is 18.3 Å². The average Bonchev–Trinajstić information content (AvgIpc) is 3.41. The van der Waals surface area contributed by atoms with Gasteiger partial charge in [0, 0.05) is 35.6 Å². The lowest BCUT2D eigenvalue weighted by atomic mass is 10.0. The molecule has 30 heavy (non-hydrogen) atoms. The van der Waals surface area contributed by atoms with Crippen molar-refractivity contribution in [1.82, 2.24) is 24.6 Å². The SMILES string of the molecule is O=C(O)N1CCC(n2cnc(-c3ccc(F)cc3)c2-c2ccc3[nH]ncc3c2)CC1. The summed E-state index contributed by atoms with van der Waals surface area (Å²) in [6, 6.07) is 12.5. The molecule has 0 unspecified atom stereocenters. The third kappa shape index (κ3) is 3.20. The van der Waals surface area contributed by atoms with Crippen LogP contribution in [0.4, 0.5) is 9.18 Å². The minimum Gasteiger partial charge on any atom is -0.465 e. The highest BCUT2D eigenvalue weighted by Gasteiger charge is 2.27. The second-order valence-corrected chi connectivity index (χ2v) is 7.53. The van der Waals surface area contributed by atoms with E-state index in [1.807, 2.05) is 18.5 Å². The third-order valence-electron chi connectivity index (χ3n) is 5.75. The van der Waals surface area contributed by atoms with Gasteiger partial charge in [0.1, 0.15) is 5.82 Å². The summed E-state index contributed by atoms with van der Waals surface area (Å²) < 4.78 is 15.6. The molecule has 3 heterocycles. The zero-order valence-corrected chi connectivity index (χ0v) is 16.1. The predicted octanol–water partition coefficient (Wildman–Crippen LogP) is 4.55. The van der Waals surface area contributed by atoms with E-state index in [0.29, 0.717) is 25.9 Å². The molecule has 0 bridgehead atoms. The van der Waals surface area contributed by atoms with Crippen LogP contribution in [0.25, 0.3) is 33.4 Å². The number of piperidine rings is 1. The summed E-state index contributed by atoms with van der Waals surface area (Å²) in [5.41, 5.74) is 4.49. The van der Waals surface area contributed by atoms with Gasteiger partial charge in [-0.2, -0.15) is 5.10 Å². The molecular weight excluding hydrogens is 385 g/mol. The Kier molecular flexibility index (Phi) is 4.46. The summed E-state index contributed by atoms with van der Waals surface area (Å²) >= 11 is 0. The van der Waals surface area contributed by atoms with Gasteiger partial charge in [0.25, 0.3) is 0 Å². The first kappa shape index (κ1) is 18.4. The molecule has 2 aromatic heterocycles. The number of rotatable bonds is 3. The molecule has 2 aromatic carbocycles. The van der Waals surface area contributed by atoms with Crippen LogP contribution < -0.4 is 0 Å². The first-order valence-electron chi connectivity index (χ1n) is 9.84. The van der Waals surface area contributed by atoms with Gasteiger partial charge in [-0.15, -0.1) is 0 Å². The largest absolute Gasteiger partial charge is 0.465 e. The van der Waals surface area contributed by atoms with Crippen molar-refractivity contribution < 1.29 is 14.3 Å². The molecule has 1 fully saturated rings. The summed E-state index contributed by atoms with van der Waals surface area (Å²) in [7, 11) is 0. The smallest absolute Gasteiger partial charge is 0.407 e. The fourth-order valence-corrected chi connectivity index (χ4v) is 4.17. The standard InChI is InChI=1S/C22H20FN5O2/c23-17-4-1-14(2-5-17)20-21(15-3-6-19-16(11-15)12-25-26-19)28(13-24-20)18-7-9-27(10-8-18)22(29)30/h1-6,11-13,18H,7-10H2,(H,25,26)(H,29,30). The number of nitrogens with zero attached hydrogens (tertiary/aromatic N) is 4. The molecular formula is C22H20FN5O2. The van der Waals surface area contributed by atoms with Crippen molar-refractivity contribution in [1.29, 1.82) is 0 Å². The van der Waals surface area contributed by atoms with Crippen LogP contribution in [0.5, 0.6) is 0 Å². The van der Waals surface area contributed by atoms with E-state index in [-0.39, 0.29) is 11.9 Å². The Hall–Kier alpha value is -3.68. The number of benzene rings is 2. The monoisotopic (exact) mass is 405 g/mol. The molecule has 0 aliphatic carbocycles. The number of imidazole rings is 1. The lowest BCUT2D eigenvalue weighted by molar-refractivity contribution is 0.126. The maximum Gasteiger partial charge on any atom is 0.407 e. The number of amides is 1. The summed E-state index contributed by atoms with van der Waals surface area (Å²) in [5.74, 6) is -0.291. The maximum atomic E-state index is 13.5. The second-order valence-electron chi connectivity index (χ2n) is 7.53. The summed E-state index contributed by atoms with van der Waals surface area (Å²) in [5, 5.41) is 17.3. The number of aromatic nitrogens is 4. The Balaban J connectivity index is 1.60. The number of carbonyl (C=O) groups is 1. The lowest BCUT2D eigenvalue weighted by Gasteiger charge is -2.31. The van der Waals surface area contributed by atoms with Crippen molar-refractivity contribution in [2.75, 3.05) is 13.1 Å². The van der Waals surface area contributed by atoms with Crippen molar-refractivity contribution in [3.8, 4) is 22.5 Å². The van der Waals surface area contributed by atoms with Gasteiger partial charge in [0.15, 0.2) is 0 Å². The highest BCUT2D eigenvalue weighted by atomic mass is 19.1. The fourth-order valence-electron chi connectivity index (χ4n) is 4.17. The highest BCUT2D eigenvalue weighted by Crippen LogP contribution is 2.37. The second kappa shape index (κ2) is 7.29. The van der Waals surface area contributed by atoms with Crippen LogP contribution in [-0.2, 0) is 0 Å². The van der Waals surface area contributed by atoms with Gasteiger partial charge in [-0.05, 0) is 49.2 Å². The van der Waals surface area contributed by atoms with E-state index in [9.17, 15) is 14.3 Å². The van der Waals surface area contributed by atoms with Crippen molar-refractivity contribution in [2.45, 2.75) is 18.9 Å². The Labute approximate surface area is 171 Å². The number of likely N-dealkylation sites (tertiary alicyclic amines) is 1. The lowest BCUT2D eigenvalue weighted by Crippen LogP contribution is -2.38. The summed E-state index contributed by atoms with van der Waals surface area (Å²) in [4.78, 5) is 17.4. The molecule has 1 aliphatic heterocycles. The molecule has 2 N–H and O–H groups in total. The van der Waals surface area contributed by atoms with Gasteiger partial charge in [-0.1, -0.05) is 6.07 Å². The van der Waals surface area contributed by atoms with Gasteiger partial charge < -0.3 is 14.6 Å². The highest BCUT2D eigenvalue weighted by molar-refractivity contribution is 5.87. The first-order valence-corrected chi connectivity index (χ1v) is 9.84. The number of H-pyrrole nitrogens is 1. The van der Waals surface area contributed by atoms with Gasteiger partial charge in [0.05, 0.1) is 29.4 Å². The third-order valence-corrected chi connectivity index (χ3v) is 5.75. The molecule has 4 aromatic rings. The molecule has 0 radical (unpaired) electrons.